The Hall–Kier alpha value is -2.89. The topological polar surface area (TPSA) is 61.9 Å². The zero-order chi connectivity index (χ0) is 18.8. The number of carbonyl (C=O) groups excluding carboxylic acids is 1. The standard InChI is InChI=1S/C20H24N4O2/c1-13-10-14(2)24(21-13)18-8-6-17(7-9-18)12-26-20(25)11-19-15(3)22-23(5)16(19)4/h6-10H,11-12H2,1-5H3. The van der Waals surface area contributed by atoms with Crippen LogP contribution in [0.3, 0.4) is 0 Å². The molecule has 0 unspecified atom stereocenters. The molecule has 0 atom stereocenters. The Morgan fingerprint density at radius 3 is 2.31 bits per heavy atom. The molecule has 136 valence electrons. The smallest absolute Gasteiger partial charge is 0.310 e. The zero-order valence-electron chi connectivity index (χ0n) is 15.9. The summed E-state index contributed by atoms with van der Waals surface area (Å²) in [7, 11) is 1.88. The predicted octanol–water partition coefficient (Wildman–Crippen LogP) is 3.13. The van der Waals surface area contributed by atoms with Gasteiger partial charge in [-0.3, -0.25) is 9.48 Å². The summed E-state index contributed by atoms with van der Waals surface area (Å²) >= 11 is 0. The Morgan fingerprint density at radius 2 is 1.77 bits per heavy atom. The summed E-state index contributed by atoms with van der Waals surface area (Å²) in [6.45, 7) is 8.13. The van der Waals surface area contributed by atoms with Crippen LogP contribution in [0.4, 0.5) is 0 Å². The summed E-state index contributed by atoms with van der Waals surface area (Å²) < 4.78 is 9.12. The lowest BCUT2D eigenvalue weighted by molar-refractivity contribution is -0.144. The fourth-order valence-corrected chi connectivity index (χ4v) is 3.06. The molecule has 0 saturated carbocycles. The average molecular weight is 352 g/mol. The monoisotopic (exact) mass is 352 g/mol. The molecule has 6 heteroatoms. The van der Waals surface area contributed by atoms with E-state index >= 15 is 0 Å². The summed E-state index contributed by atoms with van der Waals surface area (Å²) in [5, 5.41) is 8.80. The van der Waals surface area contributed by atoms with E-state index in [1.54, 1.807) is 4.68 Å². The second kappa shape index (κ2) is 7.15. The maximum atomic E-state index is 12.2. The molecule has 0 N–H and O–H groups in total. The van der Waals surface area contributed by atoms with Gasteiger partial charge in [-0.2, -0.15) is 10.2 Å². The van der Waals surface area contributed by atoms with Gasteiger partial charge in [-0.25, -0.2) is 4.68 Å². The number of hydrogen-bond acceptors (Lipinski definition) is 4. The van der Waals surface area contributed by atoms with Gasteiger partial charge >= 0.3 is 5.97 Å². The molecule has 0 aliphatic carbocycles. The van der Waals surface area contributed by atoms with E-state index in [-0.39, 0.29) is 19.0 Å². The maximum Gasteiger partial charge on any atom is 0.310 e. The van der Waals surface area contributed by atoms with Crippen molar-refractivity contribution in [3.8, 4) is 5.69 Å². The first-order valence-corrected chi connectivity index (χ1v) is 8.62. The van der Waals surface area contributed by atoms with Gasteiger partial charge in [0.05, 0.1) is 23.5 Å². The minimum absolute atomic E-state index is 0.244. The van der Waals surface area contributed by atoms with Crippen molar-refractivity contribution in [3.05, 3.63) is 64.2 Å². The third kappa shape index (κ3) is 3.69. The molecule has 0 amide bonds. The molecule has 0 bridgehead atoms. The van der Waals surface area contributed by atoms with Gasteiger partial charge in [0.1, 0.15) is 6.61 Å². The van der Waals surface area contributed by atoms with Crippen LogP contribution in [0.5, 0.6) is 0 Å². The molecule has 0 fully saturated rings. The van der Waals surface area contributed by atoms with Crippen LogP contribution in [0, 0.1) is 27.7 Å². The lowest BCUT2D eigenvalue weighted by Crippen LogP contribution is -2.09. The number of carbonyl (C=O) groups is 1. The van der Waals surface area contributed by atoms with Gasteiger partial charge in [-0.15, -0.1) is 0 Å². The SMILES string of the molecule is Cc1cc(C)n(-c2ccc(COC(=O)Cc3c(C)nn(C)c3C)cc2)n1. The molecular formula is C20H24N4O2. The van der Waals surface area contributed by atoms with Crippen LogP contribution in [-0.2, 0) is 29.6 Å². The molecule has 6 nitrogen and oxygen atoms in total. The normalized spacial score (nSPS) is 11.0. The van der Waals surface area contributed by atoms with Crippen LogP contribution < -0.4 is 0 Å². The van der Waals surface area contributed by atoms with Gasteiger partial charge < -0.3 is 4.74 Å². The molecule has 3 rings (SSSR count). The fraction of sp³-hybridized carbons (Fsp3) is 0.350. The molecular weight excluding hydrogens is 328 g/mol. The maximum absolute atomic E-state index is 12.2. The lowest BCUT2D eigenvalue weighted by Gasteiger charge is -2.08. The highest BCUT2D eigenvalue weighted by molar-refractivity contribution is 5.73. The van der Waals surface area contributed by atoms with Gasteiger partial charge in [0, 0.05) is 24.0 Å². The van der Waals surface area contributed by atoms with Crippen LogP contribution in [0.2, 0.25) is 0 Å². The lowest BCUT2D eigenvalue weighted by atomic mass is 10.1. The number of benzene rings is 1. The summed E-state index contributed by atoms with van der Waals surface area (Å²) in [4.78, 5) is 12.2. The predicted molar refractivity (Wildman–Crippen MR) is 99.2 cm³/mol. The number of ether oxygens (including phenoxy) is 1. The van der Waals surface area contributed by atoms with Gasteiger partial charge in [0.15, 0.2) is 0 Å². The van der Waals surface area contributed by atoms with Gasteiger partial charge in [0.25, 0.3) is 0 Å². The van der Waals surface area contributed by atoms with E-state index in [4.69, 9.17) is 4.74 Å². The Labute approximate surface area is 153 Å². The van der Waals surface area contributed by atoms with Crippen LogP contribution in [0.15, 0.2) is 30.3 Å². The van der Waals surface area contributed by atoms with Gasteiger partial charge in [-0.05, 0) is 51.5 Å². The second-order valence-corrected chi connectivity index (χ2v) is 6.62. The van der Waals surface area contributed by atoms with Gasteiger partial charge in [0.2, 0.25) is 0 Å². The van der Waals surface area contributed by atoms with Crippen LogP contribution in [0.1, 0.15) is 33.9 Å². The second-order valence-electron chi connectivity index (χ2n) is 6.62. The summed E-state index contributed by atoms with van der Waals surface area (Å²) in [5.41, 5.74) is 6.82. The quantitative estimate of drug-likeness (QED) is 0.662. The van der Waals surface area contributed by atoms with Crippen molar-refractivity contribution in [1.29, 1.82) is 0 Å². The van der Waals surface area contributed by atoms with Crippen molar-refractivity contribution in [2.24, 2.45) is 7.05 Å². The Morgan fingerprint density at radius 1 is 1.08 bits per heavy atom. The molecule has 2 aromatic heterocycles. The van der Waals surface area contributed by atoms with Crippen molar-refractivity contribution in [1.82, 2.24) is 19.6 Å². The fourth-order valence-electron chi connectivity index (χ4n) is 3.06. The highest BCUT2D eigenvalue weighted by Crippen LogP contribution is 2.15. The van der Waals surface area contributed by atoms with Crippen molar-refractivity contribution in [2.45, 2.75) is 40.7 Å². The van der Waals surface area contributed by atoms with E-state index < -0.39 is 0 Å². The third-order valence-electron chi connectivity index (χ3n) is 4.57. The summed E-state index contributed by atoms with van der Waals surface area (Å²) in [6, 6.07) is 9.92. The Kier molecular flexibility index (Phi) is 4.93. The Balaban J connectivity index is 1.61. The van der Waals surface area contributed by atoms with E-state index in [2.05, 4.69) is 10.2 Å². The van der Waals surface area contributed by atoms with E-state index in [1.165, 1.54) is 0 Å². The summed E-state index contributed by atoms with van der Waals surface area (Å²) in [5.74, 6) is -0.244. The minimum Gasteiger partial charge on any atom is -0.461 e. The van der Waals surface area contributed by atoms with Crippen molar-refractivity contribution < 1.29 is 9.53 Å². The van der Waals surface area contributed by atoms with Crippen molar-refractivity contribution in [2.75, 3.05) is 0 Å². The summed E-state index contributed by atoms with van der Waals surface area (Å²) in [6.07, 6.45) is 0.245. The molecule has 3 aromatic rings. The molecule has 26 heavy (non-hydrogen) atoms. The molecule has 1 aromatic carbocycles. The average Bonchev–Trinajstić information content (AvgIpc) is 3.06. The number of aryl methyl sites for hydroxylation is 4. The number of rotatable bonds is 5. The molecule has 2 heterocycles. The third-order valence-corrected chi connectivity index (χ3v) is 4.57. The highest BCUT2D eigenvalue weighted by atomic mass is 16.5. The molecule has 0 aliphatic rings. The van der Waals surface area contributed by atoms with Gasteiger partial charge in [-0.1, -0.05) is 12.1 Å². The number of esters is 1. The van der Waals surface area contributed by atoms with Crippen LogP contribution in [-0.4, -0.2) is 25.5 Å². The van der Waals surface area contributed by atoms with Crippen molar-refractivity contribution in [3.63, 3.8) is 0 Å². The van der Waals surface area contributed by atoms with E-state index in [0.29, 0.717) is 0 Å². The highest BCUT2D eigenvalue weighted by Gasteiger charge is 2.14. The first-order chi connectivity index (χ1) is 12.3. The first-order valence-electron chi connectivity index (χ1n) is 8.62. The van der Waals surface area contributed by atoms with E-state index in [1.807, 2.05) is 69.8 Å². The minimum atomic E-state index is -0.244. The Bertz CT molecular complexity index is 936. The zero-order valence-corrected chi connectivity index (χ0v) is 15.9. The molecule has 0 spiro atoms. The van der Waals surface area contributed by atoms with Crippen LogP contribution in [0.25, 0.3) is 5.69 Å². The van der Waals surface area contributed by atoms with E-state index in [9.17, 15) is 4.79 Å². The number of nitrogens with zero attached hydrogens (tertiary/aromatic N) is 4. The largest absolute Gasteiger partial charge is 0.461 e. The number of aromatic nitrogens is 4. The molecule has 0 aliphatic heterocycles. The number of hydrogen-bond donors (Lipinski definition) is 0. The van der Waals surface area contributed by atoms with Crippen molar-refractivity contribution >= 4 is 5.97 Å². The first kappa shape index (κ1) is 17.9. The van der Waals surface area contributed by atoms with E-state index in [0.717, 1.165) is 39.6 Å². The molecule has 0 radical (unpaired) electrons. The molecule has 0 saturated heterocycles. The van der Waals surface area contributed by atoms with Crippen LogP contribution >= 0.6 is 0 Å².